The Morgan fingerprint density at radius 3 is 3.08 bits per heavy atom. The number of benzene rings is 1. The second-order valence-electron chi connectivity index (χ2n) is 6.52. The fourth-order valence-electron chi connectivity index (χ4n) is 3.27. The maximum Gasteiger partial charge on any atom is 0.339 e. The highest BCUT2D eigenvalue weighted by atomic mass is 32.1. The molecular formula is C19H19N3O2S. The first-order valence-electron chi connectivity index (χ1n) is 8.39. The number of nitrogen functional groups attached to an aromatic ring is 1. The van der Waals surface area contributed by atoms with Crippen molar-refractivity contribution in [1.29, 1.82) is 0 Å². The molecule has 5 nitrogen and oxygen atoms in total. The number of carbonyl (C=O) groups is 1. The zero-order chi connectivity index (χ0) is 17.4. The molecule has 0 fully saturated rings. The van der Waals surface area contributed by atoms with Crippen LogP contribution in [-0.2, 0) is 24.2 Å². The Bertz CT molecular complexity index is 951. The van der Waals surface area contributed by atoms with E-state index < -0.39 is 0 Å². The fourth-order valence-corrected chi connectivity index (χ4v) is 4.51. The molecule has 0 saturated carbocycles. The predicted octanol–water partition coefficient (Wildman–Crippen LogP) is 3.76. The van der Waals surface area contributed by atoms with Gasteiger partial charge in [0.15, 0.2) is 12.4 Å². The molecule has 2 aromatic heterocycles. The number of ether oxygens (including phenoxy) is 1. The summed E-state index contributed by atoms with van der Waals surface area (Å²) in [6, 6.07) is 7.53. The number of nitrogens with two attached hydrogens (primary N) is 1. The predicted molar refractivity (Wildman–Crippen MR) is 98.6 cm³/mol. The average Bonchev–Trinajstić information content (AvgIpc) is 3.03. The van der Waals surface area contributed by atoms with E-state index >= 15 is 0 Å². The van der Waals surface area contributed by atoms with Gasteiger partial charge in [0.2, 0.25) is 0 Å². The van der Waals surface area contributed by atoms with Crippen molar-refractivity contribution in [2.45, 2.75) is 32.8 Å². The van der Waals surface area contributed by atoms with Crippen molar-refractivity contribution in [2.75, 3.05) is 5.73 Å². The van der Waals surface area contributed by atoms with Gasteiger partial charge in [-0.3, -0.25) is 0 Å². The highest BCUT2D eigenvalue weighted by molar-refractivity contribution is 7.10. The molecule has 25 heavy (non-hydrogen) atoms. The van der Waals surface area contributed by atoms with Crippen molar-refractivity contribution in [3.63, 3.8) is 0 Å². The molecular weight excluding hydrogens is 334 g/mol. The third-order valence-corrected chi connectivity index (χ3v) is 5.68. The number of nitrogens with zero attached hydrogens (tertiary/aromatic N) is 2. The van der Waals surface area contributed by atoms with E-state index in [2.05, 4.69) is 16.9 Å². The molecule has 128 valence electrons. The van der Waals surface area contributed by atoms with Crippen LogP contribution in [0.5, 0.6) is 0 Å². The van der Waals surface area contributed by atoms with Gasteiger partial charge in [-0.05, 0) is 42.9 Å². The number of anilines is 1. The van der Waals surface area contributed by atoms with Crippen molar-refractivity contribution < 1.29 is 9.53 Å². The van der Waals surface area contributed by atoms with E-state index in [-0.39, 0.29) is 12.6 Å². The molecule has 0 spiro atoms. The van der Waals surface area contributed by atoms with Gasteiger partial charge in [-0.15, -0.1) is 11.3 Å². The molecule has 6 heteroatoms. The number of thiophene rings is 1. The molecule has 0 saturated heterocycles. The summed E-state index contributed by atoms with van der Waals surface area (Å²) in [5.74, 6) is 1.20. The third kappa shape index (κ3) is 3.09. The van der Waals surface area contributed by atoms with Crippen LogP contribution in [0.2, 0.25) is 0 Å². The van der Waals surface area contributed by atoms with E-state index in [1.165, 1.54) is 4.88 Å². The lowest BCUT2D eigenvalue weighted by Crippen LogP contribution is -2.14. The number of hydrogen-bond donors (Lipinski definition) is 1. The standard InChI is InChI=1S/C19H19N3O2S/c1-11-6-7-12-14(10-25-16(12)8-11)19(23)24-9-17-21-15-5-3-2-4-13(15)18(20)22-17/h2-5,10-11H,6-9H2,1H3,(H2,20,21,22). The molecule has 1 aliphatic rings. The van der Waals surface area contributed by atoms with Gasteiger partial charge < -0.3 is 10.5 Å². The Labute approximate surface area is 149 Å². The van der Waals surface area contributed by atoms with E-state index in [0.29, 0.717) is 23.1 Å². The summed E-state index contributed by atoms with van der Waals surface area (Å²) < 4.78 is 5.46. The number of fused-ring (bicyclic) bond motifs is 2. The fraction of sp³-hybridized carbons (Fsp3) is 0.316. The number of carbonyl (C=O) groups excluding carboxylic acids is 1. The number of para-hydroxylation sites is 1. The maximum atomic E-state index is 12.5. The van der Waals surface area contributed by atoms with Crippen LogP contribution < -0.4 is 5.73 Å². The van der Waals surface area contributed by atoms with Crippen molar-refractivity contribution in [3.8, 4) is 0 Å². The van der Waals surface area contributed by atoms with Gasteiger partial charge in [-0.25, -0.2) is 14.8 Å². The minimum Gasteiger partial charge on any atom is -0.454 e. The van der Waals surface area contributed by atoms with Gasteiger partial charge in [0.05, 0.1) is 11.1 Å². The Balaban J connectivity index is 1.51. The molecule has 1 aliphatic carbocycles. The van der Waals surface area contributed by atoms with Crippen LogP contribution in [0.1, 0.15) is 40.0 Å². The molecule has 2 heterocycles. The molecule has 4 rings (SSSR count). The monoisotopic (exact) mass is 353 g/mol. The van der Waals surface area contributed by atoms with Gasteiger partial charge in [-0.1, -0.05) is 19.1 Å². The van der Waals surface area contributed by atoms with Gasteiger partial charge in [0, 0.05) is 15.6 Å². The Kier molecular flexibility index (Phi) is 4.13. The van der Waals surface area contributed by atoms with Crippen molar-refractivity contribution in [1.82, 2.24) is 9.97 Å². The SMILES string of the molecule is CC1CCc2c(C(=O)OCc3nc(N)c4ccccc4n3)csc2C1. The molecule has 0 radical (unpaired) electrons. The Hall–Kier alpha value is -2.47. The summed E-state index contributed by atoms with van der Waals surface area (Å²) in [7, 11) is 0. The van der Waals surface area contributed by atoms with Crippen LogP contribution in [-0.4, -0.2) is 15.9 Å². The summed E-state index contributed by atoms with van der Waals surface area (Å²) in [5.41, 5.74) is 8.58. The number of esters is 1. The zero-order valence-electron chi connectivity index (χ0n) is 14.0. The summed E-state index contributed by atoms with van der Waals surface area (Å²) in [6.45, 7) is 2.27. The number of hydrogen-bond acceptors (Lipinski definition) is 6. The van der Waals surface area contributed by atoms with E-state index in [9.17, 15) is 4.79 Å². The minimum absolute atomic E-state index is 0.0227. The largest absolute Gasteiger partial charge is 0.454 e. The summed E-state index contributed by atoms with van der Waals surface area (Å²) in [4.78, 5) is 22.5. The second-order valence-corrected chi connectivity index (χ2v) is 7.48. The van der Waals surface area contributed by atoms with Gasteiger partial charge in [0.25, 0.3) is 0 Å². The van der Waals surface area contributed by atoms with E-state index in [4.69, 9.17) is 10.5 Å². The molecule has 3 aromatic rings. The van der Waals surface area contributed by atoms with Crippen molar-refractivity contribution >= 4 is 34.0 Å². The quantitative estimate of drug-likeness (QED) is 0.726. The van der Waals surface area contributed by atoms with Crippen LogP contribution in [0.4, 0.5) is 5.82 Å². The lowest BCUT2D eigenvalue weighted by Gasteiger charge is -2.18. The van der Waals surface area contributed by atoms with E-state index in [1.807, 2.05) is 29.6 Å². The number of rotatable bonds is 3. The average molecular weight is 353 g/mol. The first kappa shape index (κ1) is 16.0. The second kappa shape index (κ2) is 6.44. The van der Waals surface area contributed by atoms with E-state index in [0.717, 1.165) is 35.7 Å². The maximum absolute atomic E-state index is 12.5. The highest BCUT2D eigenvalue weighted by Crippen LogP contribution is 2.33. The molecule has 1 aromatic carbocycles. The lowest BCUT2D eigenvalue weighted by atomic mass is 9.88. The summed E-state index contributed by atoms with van der Waals surface area (Å²) in [6.07, 6.45) is 3.12. The topological polar surface area (TPSA) is 78.1 Å². The van der Waals surface area contributed by atoms with Gasteiger partial charge in [-0.2, -0.15) is 0 Å². The highest BCUT2D eigenvalue weighted by Gasteiger charge is 2.24. The normalized spacial score (nSPS) is 16.6. The molecule has 0 bridgehead atoms. The lowest BCUT2D eigenvalue weighted by molar-refractivity contribution is 0.0461. The molecule has 2 N–H and O–H groups in total. The van der Waals surface area contributed by atoms with Gasteiger partial charge in [0.1, 0.15) is 5.82 Å². The van der Waals surface area contributed by atoms with Crippen LogP contribution in [0, 0.1) is 5.92 Å². The molecule has 0 amide bonds. The molecule has 1 unspecified atom stereocenters. The number of aromatic nitrogens is 2. The van der Waals surface area contributed by atoms with Crippen LogP contribution >= 0.6 is 11.3 Å². The first-order chi connectivity index (χ1) is 12.1. The molecule has 1 atom stereocenters. The van der Waals surface area contributed by atoms with Crippen molar-refractivity contribution in [3.05, 3.63) is 51.5 Å². The van der Waals surface area contributed by atoms with Crippen LogP contribution in [0.15, 0.2) is 29.6 Å². The van der Waals surface area contributed by atoms with Crippen LogP contribution in [0.25, 0.3) is 10.9 Å². The van der Waals surface area contributed by atoms with E-state index in [1.54, 1.807) is 11.3 Å². The first-order valence-corrected chi connectivity index (χ1v) is 9.27. The summed E-state index contributed by atoms with van der Waals surface area (Å²) >= 11 is 1.66. The molecule has 0 aliphatic heterocycles. The zero-order valence-corrected chi connectivity index (χ0v) is 14.8. The van der Waals surface area contributed by atoms with Crippen LogP contribution in [0.3, 0.4) is 0 Å². The summed E-state index contributed by atoms with van der Waals surface area (Å²) in [5, 5.41) is 2.72. The third-order valence-electron chi connectivity index (χ3n) is 4.63. The smallest absolute Gasteiger partial charge is 0.339 e. The van der Waals surface area contributed by atoms with Crippen molar-refractivity contribution in [2.24, 2.45) is 5.92 Å². The Morgan fingerprint density at radius 1 is 1.36 bits per heavy atom. The van der Waals surface area contributed by atoms with Gasteiger partial charge >= 0.3 is 5.97 Å². The Morgan fingerprint density at radius 2 is 2.20 bits per heavy atom. The minimum atomic E-state index is -0.303.